The number of nitrogens with zero attached hydrogens (tertiary/aromatic N) is 2. The molecule has 0 saturated heterocycles. The molecule has 0 bridgehead atoms. The van der Waals surface area contributed by atoms with E-state index in [1.54, 1.807) is 26.1 Å². The molecule has 2 heterocycles. The number of nitrogens with one attached hydrogen (secondary N) is 1. The lowest BCUT2D eigenvalue weighted by atomic mass is 10.0. The maximum Gasteiger partial charge on any atom is 0.339 e. The molecule has 1 aliphatic heterocycles. The predicted molar refractivity (Wildman–Crippen MR) is 114 cm³/mol. The van der Waals surface area contributed by atoms with E-state index in [1.807, 2.05) is 13.8 Å². The Balaban J connectivity index is 2.24. The van der Waals surface area contributed by atoms with Crippen LogP contribution in [0.25, 0.3) is 0 Å². The third-order valence-electron chi connectivity index (χ3n) is 4.33. The first kappa shape index (κ1) is 21.9. The average Bonchev–Trinajstić information content (AvgIpc) is 3.08. The SMILES string of the molecule is C=CCOc1cc([C@@H](CCC)NC(=O)C2(C)CSC(C(C)=NC)=N2)oc(=O)c1. The predicted octanol–water partition coefficient (Wildman–Crippen LogP) is 3.16. The summed E-state index contributed by atoms with van der Waals surface area (Å²) in [6.07, 6.45) is 3.01. The van der Waals surface area contributed by atoms with Gasteiger partial charge in [0.2, 0.25) is 5.91 Å². The molecule has 1 aliphatic rings. The molecule has 0 radical (unpaired) electrons. The van der Waals surface area contributed by atoms with Gasteiger partial charge in [0.05, 0.1) is 17.8 Å². The Morgan fingerprint density at radius 1 is 1.57 bits per heavy atom. The molecular weight excluding hydrogens is 378 g/mol. The van der Waals surface area contributed by atoms with Crippen molar-refractivity contribution in [3.8, 4) is 5.75 Å². The molecule has 2 rings (SSSR count). The van der Waals surface area contributed by atoms with Crippen LogP contribution in [0.15, 0.2) is 44.0 Å². The molecule has 8 heteroatoms. The lowest BCUT2D eigenvalue weighted by molar-refractivity contribution is -0.125. The van der Waals surface area contributed by atoms with Crippen LogP contribution in [0, 0.1) is 0 Å². The van der Waals surface area contributed by atoms with Crippen LogP contribution < -0.4 is 15.7 Å². The quantitative estimate of drug-likeness (QED) is 0.503. The fourth-order valence-corrected chi connectivity index (χ4v) is 3.85. The Kier molecular flexibility index (Phi) is 7.62. The van der Waals surface area contributed by atoms with E-state index in [1.165, 1.54) is 17.8 Å². The van der Waals surface area contributed by atoms with E-state index < -0.39 is 17.2 Å². The van der Waals surface area contributed by atoms with E-state index in [0.717, 1.165) is 17.2 Å². The summed E-state index contributed by atoms with van der Waals surface area (Å²) in [5.74, 6) is 1.08. The highest BCUT2D eigenvalue weighted by Crippen LogP contribution is 2.30. The van der Waals surface area contributed by atoms with E-state index >= 15 is 0 Å². The highest BCUT2D eigenvalue weighted by Gasteiger charge is 2.39. The number of amides is 1. The molecule has 1 aromatic heterocycles. The molecule has 0 saturated carbocycles. The van der Waals surface area contributed by atoms with E-state index in [2.05, 4.69) is 21.9 Å². The van der Waals surface area contributed by atoms with Gasteiger partial charge in [0.1, 0.15) is 28.7 Å². The molecular formula is C20H27N3O4S. The van der Waals surface area contributed by atoms with Gasteiger partial charge in [-0.2, -0.15) is 0 Å². The fourth-order valence-electron chi connectivity index (χ4n) is 2.67. The van der Waals surface area contributed by atoms with E-state index in [9.17, 15) is 9.59 Å². The van der Waals surface area contributed by atoms with E-state index in [4.69, 9.17) is 9.15 Å². The van der Waals surface area contributed by atoms with Gasteiger partial charge < -0.3 is 14.5 Å². The minimum Gasteiger partial charge on any atom is -0.489 e. The first-order valence-electron chi connectivity index (χ1n) is 9.19. The first-order valence-corrected chi connectivity index (χ1v) is 10.2. The normalized spacial score (nSPS) is 20.4. The Morgan fingerprint density at radius 3 is 2.96 bits per heavy atom. The van der Waals surface area contributed by atoms with Crippen LogP contribution >= 0.6 is 11.8 Å². The zero-order chi connectivity index (χ0) is 20.7. The van der Waals surface area contributed by atoms with Crippen LogP contribution in [0.3, 0.4) is 0 Å². The highest BCUT2D eigenvalue weighted by molar-refractivity contribution is 8.16. The Morgan fingerprint density at radius 2 is 2.32 bits per heavy atom. The lowest BCUT2D eigenvalue weighted by Gasteiger charge is -2.24. The molecule has 152 valence electrons. The van der Waals surface area contributed by atoms with Crippen LogP contribution in [0.4, 0.5) is 0 Å². The van der Waals surface area contributed by atoms with E-state index in [-0.39, 0.29) is 12.5 Å². The van der Waals surface area contributed by atoms with Gasteiger partial charge in [-0.05, 0) is 20.3 Å². The average molecular weight is 406 g/mol. The molecule has 0 aliphatic carbocycles. The van der Waals surface area contributed by atoms with Crippen molar-refractivity contribution in [3.05, 3.63) is 41.0 Å². The van der Waals surface area contributed by atoms with E-state index in [0.29, 0.717) is 23.7 Å². The number of rotatable bonds is 9. The molecule has 1 N–H and O–H groups in total. The number of aliphatic imine (C=N–C) groups is 2. The summed E-state index contributed by atoms with van der Waals surface area (Å²) in [4.78, 5) is 33.6. The topological polar surface area (TPSA) is 93.3 Å². The minimum absolute atomic E-state index is 0.211. The van der Waals surface area contributed by atoms with Gasteiger partial charge >= 0.3 is 5.63 Å². The van der Waals surface area contributed by atoms with Crippen LogP contribution in [0.5, 0.6) is 5.75 Å². The number of hydrogen-bond acceptors (Lipinski definition) is 7. The number of carbonyl (C=O) groups is 1. The summed E-state index contributed by atoms with van der Waals surface area (Å²) < 4.78 is 10.8. The third-order valence-corrected chi connectivity index (χ3v) is 5.70. The van der Waals surface area contributed by atoms with Gasteiger partial charge in [-0.15, -0.1) is 11.8 Å². The largest absolute Gasteiger partial charge is 0.489 e. The fraction of sp³-hybridized carbons (Fsp3) is 0.500. The molecule has 2 atom stereocenters. The first-order chi connectivity index (χ1) is 13.3. The van der Waals surface area contributed by atoms with Gasteiger partial charge in [-0.3, -0.25) is 14.8 Å². The molecule has 1 aromatic rings. The summed E-state index contributed by atoms with van der Waals surface area (Å²) in [6, 6.07) is 2.47. The second-order valence-corrected chi connectivity index (χ2v) is 7.68. The second kappa shape index (κ2) is 9.73. The van der Waals surface area contributed by atoms with Crippen molar-refractivity contribution in [3.63, 3.8) is 0 Å². The number of ether oxygens (including phenoxy) is 1. The summed E-state index contributed by atoms with van der Waals surface area (Å²) in [5, 5.41) is 3.77. The van der Waals surface area contributed by atoms with Gasteiger partial charge in [-0.25, -0.2) is 4.79 Å². The standard InChI is InChI=1S/C20H27N3O4S/c1-6-8-15(16-10-14(26-9-7-2)11-17(24)27-16)22-19(25)20(4)12-28-18(23-20)13(3)21-5/h7,10-11,15H,2,6,8-9,12H2,1,3-5H3,(H,22,25)/t15-,20?/m1/s1. The van der Waals surface area contributed by atoms with Crippen molar-refractivity contribution in [1.82, 2.24) is 5.32 Å². The zero-order valence-electron chi connectivity index (χ0n) is 16.8. The van der Waals surface area contributed by atoms with Crippen molar-refractivity contribution in [2.24, 2.45) is 9.98 Å². The smallest absolute Gasteiger partial charge is 0.339 e. The molecule has 0 fully saturated rings. The summed E-state index contributed by atoms with van der Waals surface area (Å²) >= 11 is 1.52. The van der Waals surface area contributed by atoms with Gasteiger partial charge in [0, 0.05) is 18.9 Å². The Hall–Kier alpha value is -2.35. The molecule has 0 spiro atoms. The van der Waals surface area contributed by atoms with Crippen molar-refractivity contribution in [2.45, 2.75) is 45.2 Å². The third kappa shape index (κ3) is 5.34. The minimum atomic E-state index is -0.894. The maximum absolute atomic E-state index is 13.0. The number of hydrogen-bond donors (Lipinski definition) is 1. The second-order valence-electron chi connectivity index (χ2n) is 6.72. The lowest BCUT2D eigenvalue weighted by Crippen LogP contribution is -2.45. The molecule has 7 nitrogen and oxygen atoms in total. The zero-order valence-corrected chi connectivity index (χ0v) is 17.6. The summed E-state index contributed by atoms with van der Waals surface area (Å²) in [6.45, 7) is 9.54. The van der Waals surface area contributed by atoms with Crippen molar-refractivity contribution >= 4 is 28.4 Å². The number of thioether (sulfide) groups is 1. The van der Waals surface area contributed by atoms with Crippen molar-refractivity contribution in [2.75, 3.05) is 19.4 Å². The molecule has 28 heavy (non-hydrogen) atoms. The Bertz CT molecular complexity index is 846. The van der Waals surface area contributed by atoms with Crippen molar-refractivity contribution < 1.29 is 13.9 Å². The van der Waals surface area contributed by atoms with Crippen molar-refractivity contribution in [1.29, 1.82) is 0 Å². The Labute approximate surface area is 169 Å². The van der Waals surface area contributed by atoms with Gasteiger partial charge in [0.15, 0.2) is 0 Å². The monoisotopic (exact) mass is 405 g/mol. The summed E-state index contributed by atoms with van der Waals surface area (Å²) in [7, 11) is 1.70. The summed E-state index contributed by atoms with van der Waals surface area (Å²) in [5.41, 5.74) is -0.607. The van der Waals surface area contributed by atoms with Crippen LogP contribution in [-0.4, -0.2) is 41.6 Å². The number of carbonyl (C=O) groups excluding carboxylic acids is 1. The molecule has 1 amide bonds. The van der Waals surface area contributed by atoms with Crippen LogP contribution in [-0.2, 0) is 4.79 Å². The molecule has 1 unspecified atom stereocenters. The van der Waals surface area contributed by atoms with Gasteiger partial charge in [0.25, 0.3) is 0 Å². The molecule has 0 aromatic carbocycles. The van der Waals surface area contributed by atoms with Gasteiger partial charge in [-0.1, -0.05) is 26.0 Å². The van der Waals surface area contributed by atoms with Crippen LogP contribution in [0.2, 0.25) is 0 Å². The maximum atomic E-state index is 13.0. The van der Waals surface area contributed by atoms with Crippen LogP contribution in [0.1, 0.15) is 45.4 Å². The highest BCUT2D eigenvalue weighted by atomic mass is 32.2.